The molecule has 21 heavy (non-hydrogen) atoms. The van der Waals surface area contributed by atoms with Gasteiger partial charge in [-0.15, -0.1) is 0 Å². The Bertz CT molecular complexity index is 604. The molecule has 112 valence electrons. The lowest BCUT2D eigenvalue weighted by molar-refractivity contribution is -0.126. The zero-order valence-electron chi connectivity index (χ0n) is 12.8. The summed E-state index contributed by atoms with van der Waals surface area (Å²) in [5.41, 5.74) is 0.245. The topological polar surface area (TPSA) is 73.6 Å². The number of hydrogen-bond donors (Lipinski definition) is 1. The maximum Gasteiger partial charge on any atom is 0.235 e. The van der Waals surface area contributed by atoms with Crippen molar-refractivity contribution < 1.29 is 14.6 Å². The number of nitrogens with zero attached hydrogens (tertiary/aromatic N) is 2. The van der Waals surface area contributed by atoms with Gasteiger partial charge in [-0.25, -0.2) is 0 Å². The molecule has 1 aromatic rings. The van der Waals surface area contributed by atoms with Crippen LogP contribution in [0, 0.1) is 16.7 Å². The molecule has 1 fully saturated rings. The zero-order chi connectivity index (χ0) is 15.8. The molecule has 1 aliphatic heterocycles. The summed E-state index contributed by atoms with van der Waals surface area (Å²) in [6, 6.07) is 6.80. The number of anilines is 1. The number of aliphatic hydroxyl groups excluding tert-OH is 1. The van der Waals surface area contributed by atoms with E-state index in [9.17, 15) is 9.90 Å². The lowest BCUT2D eigenvalue weighted by Gasteiger charge is -2.25. The van der Waals surface area contributed by atoms with Crippen molar-refractivity contribution in [3.05, 3.63) is 23.8 Å². The molecular weight excluding hydrogens is 268 g/mol. The van der Waals surface area contributed by atoms with Crippen LogP contribution in [0.15, 0.2) is 18.2 Å². The summed E-state index contributed by atoms with van der Waals surface area (Å²) in [4.78, 5) is 14.2. The predicted octanol–water partition coefficient (Wildman–Crippen LogP) is 2.08. The van der Waals surface area contributed by atoms with E-state index in [-0.39, 0.29) is 11.9 Å². The van der Waals surface area contributed by atoms with Crippen molar-refractivity contribution in [2.24, 2.45) is 5.41 Å². The minimum atomic E-state index is -0.818. The molecule has 2 atom stereocenters. The molecule has 0 unspecified atom stereocenters. The van der Waals surface area contributed by atoms with Crippen molar-refractivity contribution in [2.45, 2.75) is 39.3 Å². The minimum absolute atomic E-state index is 0.117. The Morgan fingerprint density at radius 2 is 2.14 bits per heavy atom. The molecule has 5 heteroatoms. The Hall–Kier alpha value is -2.06. The number of hydrogen-bond acceptors (Lipinski definition) is 4. The first-order chi connectivity index (χ1) is 9.88. The molecule has 2 rings (SSSR count). The number of methoxy groups -OCH3 is 1. The lowest BCUT2D eigenvalue weighted by Crippen LogP contribution is -2.36. The predicted molar refractivity (Wildman–Crippen MR) is 79.1 cm³/mol. The molecule has 1 amide bonds. The van der Waals surface area contributed by atoms with E-state index in [0.29, 0.717) is 23.4 Å². The van der Waals surface area contributed by atoms with E-state index >= 15 is 0 Å². The van der Waals surface area contributed by atoms with Crippen molar-refractivity contribution >= 4 is 11.6 Å². The van der Waals surface area contributed by atoms with Gasteiger partial charge in [0.2, 0.25) is 5.91 Å². The summed E-state index contributed by atoms with van der Waals surface area (Å²) in [6.45, 7) is 5.45. The number of benzene rings is 1. The molecule has 0 bridgehead atoms. The second kappa shape index (κ2) is 5.38. The van der Waals surface area contributed by atoms with Crippen LogP contribution in [0.4, 0.5) is 5.69 Å². The number of rotatable bonds is 3. The van der Waals surface area contributed by atoms with Crippen molar-refractivity contribution in [1.82, 2.24) is 0 Å². The molecule has 1 N–H and O–H groups in total. The van der Waals surface area contributed by atoms with Gasteiger partial charge in [-0.2, -0.15) is 5.26 Å². The van der Waals surface area contributed by atoms with Crippen molar-refractivity contribution in [3.8, 4) is 11.8 Å². The molecule has 0 saturated carbocycles. The molecule has 5 nitrogen and oxygen atoms in total. The van der Waals surface area contributed by atoms with Crippen molar-refractivity contribution in [2.75, 3.05) is 12.0 Å². The van der Waals surface area contributed by atoms with E-state index in [1.807, 2.05) is 13.0 Å². The highest BCUT2D eigenvalue weighted by atomic mass is 16.5. The quantitative estimate of drug-likeness (QED) is 0.924. The molecule has 1 aromatic carbocycles. The average Bonchev–Trinajstić information content (AvgIpc) is 2.66. The molecule has 0 aliphatic carbocycles. The third-order valence-electron chi connectivity index (χ3n) is 4.21. The van der Waals surface area contributed by atoms with Gasteiger partial charge in [-0.1, -0.05) is 6.92 Å². The van der Waals surface area contributed by atoms with Crippen LogP contribution in [0.1, 0.15) is 32.8 Å². The molecule has 0 aromatic heterocycles. The molecule has 1 heterocycles. The Morgan fingerprint density at radius 3 is 2.67 bits per heavy atom. The largest absolute Gasteiger partial charge is 0.495 e. The summed E-state index contributed by atoms with van der Waals surface area (Å²) in [5.74, 6) is 0.311. The van der Waals surface area contributed by atoms with Crippen molar-refractivity contribution in [1.29, 1.82) is 5.26 Å². The second-order valence-electron chi connectivity index (χ2n) is 5.81. The first-order valence-electron chi connectivity index (χ1n) is 6.98. The van der Waals surface area contributed by atoms with Gasteiger partial charge in [-0.3, -0.25) is 4.79 Å². The summed E-state index contributed by atoms with van der Waals surface area (Å²) in [7, 11) is 1.49. The lowest BCUT2D eigenvalue weighted by atomic mass is 9.86. The van der Waals surface area contributed by atoms with E-state index in [4.69, 9.17) is 10.00 Å². The summed E-state index contributed by atoms with van der Waals surface area (Å²) >= 11 is 0. The normalized spacial score (nSPS) is 24.0. The van der Waals surface area contributed by atoms with E-state index in [1.165, 1.54) is 7.11 Å². The Labute approximate surface area is 124 Å². The molecule has 0 radical (unpaired) electrons. The highest BCUT2D eigenvalue weighted by Crippen LogP contribution is 2.41. The molecular formula is C16H20N2O3. The standard InChI is InChI=1S/C16H20N2O3/c1-5-12-14(19)16(2,3)15(20)18(12)11-7-6-10(9-17)13(8-11)21-4/h6-8,12,14,19H,5H2,1-4H3/t12-,14+/m1/s1. The van der Waals surface area contributed by atoms with Crippen LogP contribution in [-0.4, -0.2) is 30.3 Å². The van der Waals surface area contributed by atoms with Crippen LogP contribution in [0.5, 0.6) is 5.75 Å². The number of ether oxygens (including phenoxy) is 1. The fourth-order valence-electron chi connectivity index (χ4n) is 2.85. The summed E-state index contributed by atoms with van der Waals surface area (Å²) in [5, 5.41) is 19.4. The fraction of sp³-hybridized carbons (Fsp3) is 0.500. The molecule has 1 saturated heterocycles. The number of amides is 1. The number of aliphatic hydroxyl groups is 1. The Balaban J connectivity index is 2.50. The zero-order valence-corrected chi connectivity index (χ0v) is 12.8. The van der Waals surface area contributed by atoms with Gasteiger partial charge < -0.3 is 14.7 Å². The maximum absolute atomic E-state index is 12.6. The van der Waals surface area contributed by atoms with Crippen LogP contribution in [0.3, 0.4) is 0 Å². The minimum Gasteiger partial charge on any atom is -0.495 e. The van der Waals surface area contributed by atoms with E-state index in [2.05, 4.69) is 0 Å². The van der Waals surface area contributed by atoms with Gasteiger partial charge >= 0.3 is 0 Å². The van der Waals surface area contributed by atoms with Gasteiger partial charge in [0.05, 0.1) is 30.2 Å². The number of carbonyl (C=O) groups is 1. The Morgan fingerprint density at radius 1 is 1.48 bits per heavy atom. The van der Waals surface area contributed by atoms with E-state index in [0.717, 1.165) is 0 Å². The monoisotopic (exact) mass is 288 g/mol. The second-order valence-corrected chi connectivity index (χ2v) is 5.81. The van der Waals surface area contributed by atoms with Crippen LogP contribution >= 0.6 is 0 Å². The highest BCUT2D eigenvalue weighted by molar-refractivity contribution is 6.01. The molecule has 0 spiro atoms. The van der Waals surface area contributed by atoms with Crippen molar-refractivity contribution in [3.63, 3.8) is 0 Å². The fourth-order valence-corrected chi connectivity index (χ4v) is 2.85. The van der Waals surface area contributed by atoms with Gasteiger partial charge in [0.15, 0.2) is 0 Å². The smallest absolute Gasteiger partial charge is 0.235 e. The van der Waals surface area contributed by atoms with Gasteiger partial charge in [0.1, 0.15) is 11.8 Å². The van der Waals surface area contributed by atoms with Gasteiger partial charge in [0.25, 0.3) is 0 Å². The Kier molecular flexibility index (Phi) is 3.93. The third-order valence-corrected chi connectivity index (χ3v) is 4.21. The van der Waals surface area contributed by atoms with Crippen LogP contribution in [0.25, 0.3) is 0 Å². The first kappa shape index (κ1) is 15.3. The third kappa shape index (κ3) is 2.26. The van der Waals surface area contributed by atoms with Gasteiger partial charge in [0, 0.05) is 11.8 Å². The van der Waals surface area contributed by atoms with Gasteiger partial charge in [-0.05, 0) is 32.4 Å². The molecule has 1 aliphatic rings. The van der Waals surface area contributed by atoms with Crippen LogP contribution in [0.2, 0.25) is 0 Å². The SMILES string of the molecule is CC[C@@H]1[C@H](O)C(C)(C)C(=O)N1c1ccc(C#N)c(OC)c1. The number of nitriles is 1. The average molecular weight is 288 g/mol. The maximum atomic E-state index is 12.6. The first-order valence-corrected chi connectivity index (χ1v) is 6.98. The van der Waals surface area contributed by atoms with Crippen LogP contribution in [-0.2, 0) is 4.79 Å². The van der Waals surface area contributed by atoms with E-state index < -0.39 is 11.5 Å². The summed E-state index contributed by atoms with van der Waals surface area (Å²) in [6.07, 6.45) is -0.0739. The van der Waals surface area contributed by atoms with E-state index in [1.54, 1.807) is 36.9 Å². The highest BCUT2D eigenvalue weighted by Gasteiger charge is 2.52. The van der Waals surface area contributed by atoms with Crippen LogP contribution < -0.4 is 9.64 Å². The summed E-state index contributed by atoms with van der Waals surface area (Å²) < 4.78 is 5.20. The number of carbonyl (C=O) groups excluding carboxylic acids is 1.